The predicted molar refractivity (Wildman–Crippen MR) is 66.9 cm³/mol. The minimum Gasteiger partial charge on any atom is -0.535 e. The molecule has 0 radical (unpaired) electrons. The Morgan fingerprint density at radius 1 is 1.47 bits per heavy atom. The molecular weight excluding hydrogens is 247 g/mol. The zero-order valence-electron chi connectivity index (χ0n) is 10.4. The van der Waals surface area contributed by atoms with Crippen molar-refractivity contribution in [2.24, 2.45) is 0 Å². The van der Waals surface area contributed by atoms with Crippen LogP contribution >= 0.6 is 0 Å². The summed E-state index contributed by atoms with van der Waals surface area (Å²) in [6.07, 6.45) is 1.57. The second kappa shape index (κ2) is 3.45. The number of rotatable bonds is 1. The van der Waals surface area contributed by atoms with E-state index in [0.717, 1.165) is 24.0 Å². The molecule has 1 aromatic carbocycles. The molecule has 1 aromatic rings. The average molecular weight is 260 g/mol. The first kappa shape index (κ1) is 11.2. The second-order valence-electron chi connectivity index (χ2n) is 5.61. The molecule has 1 fully saturated rings. The van der Waals surface area contributed by atoms with Crippen LogP contribution in [-0.4, -0.2) is 29.3 Å². The number of ether oxygens (including phenoxy) is 1. The molecule has 3 aliphatic rings. The molecule has 0 spiro atoms. The summed E-state index contributed by atoms with van der Waals surface area (Å²) in [5.74, 6) is -0.00449. The maximum atomic E-state index is 11.5. The van der Waals surface area contributed by atoms with Crippen molar-refractivity contribution in [1.29, 1.82) is 0 Å². The predicted octanol–water partition coefficient (Wildman–Crippen LogP) is 1.44. The maximum Gasteiger partial charge on any atom is 0.526 e. The van der Waals surface area contributed by atoms with Gasteiger partial charge in [0.05, 0.1) is 0 Å². The lowest BCUT2D eigenvalue weighted by Gasteiger charge is -2.22. The molecule has 5 nitrogen and oxygen atoms in total. The molecule has 2 N–H and O–H groups in total. The molecule has 19 heavy (non-hydrogen) atoms. The number of carbonyl (C=O) groups is 1. The lowest BCUT2D eigenvalue weighted by Crippen LogP contribution is -2.27. The molecule has 98 valence electrons. The Balaban J connectivity index is 1.95. The van der Waals surface area contributed by atoms with Gasteiger partial charge in [0.25, 0.3) is 0 Å². The highest BCUT2D eigenvalue weighted by Crippen LogP contribution is 2.61. The monoisotopic (exact) mass is 260 g/mol. The third-order valence-electron chi connectivity index (χ3n) is 4.22. The van der Waals surface area contributed by atoms with Gasteiger partial charge in [0.1, 0.15) is 23.2 Å². The van der Waals surface area contributed by atoms with Gasteiger partial charge >= 0.3 is 13.1 Å². The van der Waals surface area contributed by atoms with E-state index >= 15 is 0 Å². The van der Waals surface area contributed by atoms with Crippen LogP contribution in [-0.2, 0) is 6.42 Å². The van der Waals surface area contributed by atoms with Crippen molar-refractivity contribution < 1.29 is 24.3 Å². The molecule has 3 atom stereocenters. The van der Waals surface area contributed by atoms with Crippen LogP contribution in [0.15, 0.2) is 6.07 Å². The van der Waals surface area contributed by atoms with Gasteiger partial charge in [-0.3, -0.25) is 0 Å². The summed E-state index contributed by atoms with van der Waals surface area (Å²) >= 11 is 0. The largest absolute Gasteiger partial charge is 0.535 e. The van der Waals surface area contributed by atoms with Crippen molar-refractivity contribution in [3.63, 3.8) is 0 Å². The Morgan fingerprint density at radius 2 is 2.26 bits per heavy atom. The molecule has 4 rings (SSSR count). The van der Waals surface area contributed by atoms with Gasteiger partial charge in [0, 0.05) is 12.2 Å². The fourth-order valence-electron chi connectivity index (χ4n) is 3.26. The number of carboxylic acids is 1. The van der Waals surface area contributed by atoms with E-state index in [0.29, 0.717) is 11.5 Å². The van der Waals surface area contributed by atoms with E-state index < -0.39 is 13.1 Å². The summed E-state index contributed by atoms with van der Waals surface area (Å²) in [6, 6.07) is 2.00. The number of aromatic carboxylic acids is 1. The summed E-state index contributed by atoms with van der Waals surface area (Å²) in [6.45, 7) is 1.92. The van der Waals surface area contributed by atoms with Crippen LogP contribution in [0.2, 0.25) is 5.82 Å². The zero-order valence-corrected chi connectivity index (χ0v) is 10.4. The third-order valence-corrected chi connectivity index (χ3v) is 4.22. The van der Waals surface area contributed by atoms with Crippen molar-refractivity contribution in [2.75, 3.05) is 0 Å². The van der Waals surface area contributed by atoms with E-state index in [4.69, 9.17) is 9.39 Å². The first-order valence-corrected chi connectivity index (χ1v) is 6.50. The van der Waals surface area contributed by atoms with Gasteiger partial charge in [-0.1, -0.05) is 0 Å². The van der Waals surface area contributed by atoms with E-state index in [1.165, 1.54) is 0 Å². The average Bonchev–Trinajstić information content (AvgIpc) is 3.04. The van der Waals surface area contributed by atoms with Crippen LogP contribution in [0.1, 0.15) is 40.7 Å². The fraction of sp³-hybridized carbons (Fsp3) is 0.462. The van der Waals surface area contributed by atoms with Crippen molar-refractivity contribution >= 4 is 13.1 Å². The van der Waals surface area contributed by atoms with Crippen molar-refractivity contribution in [2.45, 2.75) is 37.6 Å². The van der Waals surface area contributed by atoms with Crippen molar-refractivity contribution in [3.05, 3.63) is 22.8 Å². The van der Waals surface area contributed by atoms with Crippen LogP contribution in [0.25, 0.3) is 0 Å². The van der Waals surface area contributed by atoms with E-state index in [1.54, 1.807) is 0 Å². The van der Waals surface area contributed by atoms with Crippen molar-refractivity contribution in [1.82, 2.24) is 0 Å². The summed E-state index contributed by atoms with van der Waals surface area (Å²) in [4.78, 5) is 11.5. The van der Waals surface area contributed by atoms with Crippen LogP contribution in [0.3, 0.4) is 0 Å². The molecule has 0 amide bonds. The van der Waals surface area contributed by atoms with Gasteiger partial charge in [0.15, 0.2) is 0 Å². The molecule has 0 saturated heterocycles. The number of carboxylic acid groups (broad SMARTS) is 1. The molecule has 3 unspecified atom stereocenters. The second-order valence-corrected chi connectivity index (χ2v) is 5.61. The Labute approximate surface area is 110 Å². The van der Waals surface area contributed by atoms with Crippen LogP contribution < -0.4 is 9.39 Å². The van der Waals surface area contributed by atoms with E-state index in [-0.39, 0.29) is 23.4 Å². The topological polar surface area (TPSA) is 76.0 Å². The maximum absolute atomic E-state index is 11.5. The molecular formula is C13H13BO5. The standard InChI is InChI=1S/C13H13BO5/c1-5-2-6-3-8-7-4-9(7)14(17)19-12(8)10(13(15)16)11(6)18-5/h3,5,7,9,17H,2,4H2,1H3,(H,15,16). The van der Waals surface area contributed by atoms with E-state index in [2.05, 4.69) is 0 Å². The highest BCUT2D eigenvalue weighted by Gasteiger charge is 2.55. The summed E-state index contributed by atoms with van der Waals surface area (Å²) < 4.78 is 11.0. The summed E-state index contributed by atoms with van der Waals surface area (Å²) in [5, 5.41) is 19.3. The third kappa shape index (κ3) is 1.43. The van der Waals surface area contributed by atoms with Gasteiger partial charge in [-0.2, -0.15) is 0 Å². The molecule has 6 heteroatoms. The lowest BCUT2D eigenvalue weighted by molar-refractivity contribution is 0.0689. The zero-order chi connectivity index (χ0) is 13.3. The quantitative estimate of drug-likeness (QED) is 0.747. The van der Waals surface area contributed by atoms with E-state index in [9.17, 15) is 14.9 Å². The minimum absolute atomic E-state index is 0.0168. The Bertz CT molecular complexity index is 599. The molecule has 0 aromatic heterocycles. The molecule has 1 saturated carbocycles. The van der Waals surface area contributed by atoms with Crippen LogP contribution in [0, 0.1) is 0 Å². The summed E-state index contributed by atoms with van der Waals surface area (Å²) in [7, 11) is -0.896. The molecule has 2 aliphatic heterocycles. The Morgan fingerprint density at radius 3 is 3.00 bits per heavy atom. The number of hydrogen-bond acceptors (Lipinski definition) is 4. The van der Waals surface area contributed by atoms with Crippen molar-refractivity contribution in [3.8, 4) is 11.5 Å². The van der Waals surface area contributed by atoms with Gasteiger partial charge in [-0.05, 0) is 36.5 Å². The minimum atomic E-state index is -1.06. The van der Waals surface area contributed by atoms with Gasteiger partial charge in [-0.15, -0.1) is 0 Å². The normalized spacial score (nSPS) is 29.8. The van der Waals surface area contributed by atoms with Gasteiger partial charge < -0.3 is 19.5 Å². The number of hydrogen-bond donors (Lipinski definition) is 2. The lowest BCUT2D eigenvalue weighted by atomic mass is 9.76. The van der Waals surface area contributed by atoms with Crippen LogP contribution in [0.5, 0.6) is 11.5 Å². The Hall–Kier alpha value is -1.69. The SMILES string of the molecule is CC1Cc2cc3c(c(C(=O)O)c2O1)OB(O)C1CC31. The number of fused-ring (bicyclic) bond motifs is 4. The van der Waals surface area contributed by atoms with Gasteiger partial charge in [0.2, 0.25) is 0 Å². The summed E-state index contributed by atoms with van der Waals surface area (Å²) in [5.41, 5.74) is 1.93. The van der Waals surface area contributed by atoms with E-state index in [1.807, 2.05) is 13.0 Å². The Kier molecular flexibility index (Phi) is 2.03. The number of benzene rings is 1. The fourth-order valence-corrected chi connectivity index (χ4v) is 3.26. The highest BCUT2D eigenvalue weighted by atomic mass is 16.5. The smallest absolute Gasteiger partial charge is 0.526 e. The molecule has 0 bridgehead atoms. The first-order chi connectivity index (χ1) is 9.06. The molecule has 1 aliphatic carbocycles. The van der Waals surface area contributed by atoms with Crippen LogP contribution in [0.4, 0.5) is 0 Å². The van der Waals surface area contributed by atoms with Gasteiger partial charge in [-0.25, -0.2) is 4.79 Å². The first-order valence-electron chi connectivity index (χ1n) is 6.50. The highest BCUT2D eigenvalue weighted by molar-refractivity contribution is 6.48. The molecule has 2 heterocycles.